The van der Waals surface area contributed by atoms with Gasteiger partial charge in [0.25, 0.3) is 5.91 Å². The monoisotopic (exact) mass is 540 g/mol. The van der Waals surface area contributed by atoms with Crippen LogP contribution in [0.15, 0.2) is 66.7 Å². The maximum atomic E-state index is 13.6. The maximum Gasteiger partial charge on any atom is 0.413 e. The maximum absolute atomic E-state index is 13.6. The lowest BCUT2D eigenvalue weighted by Crippen LogP contribution is -2.39. The Bertz CT molecular complexity index is 1570. The minimum Gasteiger partial charge on any atom is -0.444 e. The van der Waals surface area contributed by atoms with Crippen LogP contribution in [0.3, 0.4) is 0 Å². The highest BCUT2D eigenvalue weighted by Gasteiger charge is 2.24. The van der Waals surface area contributed by atoms with Gasteiger partial charge in [-0.3, -0.25) is 15.5 Å². The SMILES string of the molecule is CC(C)(C)OC(=O)NC(=N)c1ccc2cc(C(=O)NC3CCC(O)CC3)n(Cc3cccc4ccccc34)c2c1. The first-order valence-corrected chi connectivity index (χ1v) is 13.8. The largest absolute Gasteiger partial charge is 0.444 e. The Hall–Kier alpha value is -4.17. The first-order chi connectivity index (χ1) is 19.1. The van der Waals surface area contributed by atoms with E-state index in [4.69, 9.17) is 10.1 Å². The number of fused-ring (bicyclic) bond motifs is 2. The molecule has 8 heteroatoms. The molecule has 1 fully saturated rings. The molecule has 0 bridgehead atoms. The van der Waals surface area contributed by atoms with Gasteiger partial charge < -0.3 is 19.7 Å². The van der Waals surface area contributed by atoms with E-state index < -0.39 is 11.7 Å². The van der Waals surface area contributed by atoms with E-state index in [1.807, 2.05) is 41.0 Å². The van der Waals surface area contributed by atoms with Crippen molar-refractivity contribution >= 4 is 39.5 Å². The summed E-state index contributed by atoms with van der Waals surface area (Å²) in [6, 6.07) is 21.7. The van der Waals surface area contributed by atoms with Gasteiger partial charge in [0.2, 0.25) is 0 Å². The lowest BCUT2D eigenvalue weighted by molar-refractivity contribution is 0.0563. The van der Waals surface area contributed by atoms with Crippen molar-refractivity contribution < 1.29 is 19.4 Å². The van der Waals surface area contributed by atoms with Gasteiger partial charge >= 0.3 is 6.09 Å². The fourth-order valence-corrected chi connectivity index (χ4v) is 5.33. The molecule has 1 aliphatic carbocycles. The molecule has 1 aliphatic rings. The first-order valence-electron chi connectivity index (χ1n) is 13.8. The van der Waals surface area contributed by atoms with Crippen molar-refractivity contribution in [1.29, 1.82) is 5.41 Å². The zero-order valence-electron chi connectivity index (χ0n) is 23.2. The normalized spacial score (nSPS) is 17.5. The van der Waals surface area contributed by atoms with E-state index in [1.54, 1.807) is 26.8 Å². The van der Waals surface area contributed by atoms with Crippen LogP contribution in [0.5, 0.6) is 0 Å². The van der Waals surface area contributed by atoms with Crippen molar-refractivity contribution in [3.8, 4) is 0 Å². The van der Waals surface area contributed by atoms with E-state index in [-0.39, 0.29) is 23.9 Å². The first kappa shape index (κ1) is 27.4. The summed E-state index contributed by atoms with van der Waals surface area (Å²) in [7, 11) is 0. The van der Waals surface area contributed by atoms with Crippen molar-refractivity contribution in [3.63, 3.8) is 0 Å². The number of aliphatic hydroxyl groups is 1. The van der Waals surface area contributed by atoms with Crippen molar-refractivity contribution in [2.24, 2.45) is 0 Å². The average Bonchev–Trinajstić information content (AvgIpc) is 3.27. The number of nitrogens with one attached hydrogen (secondary N) is 3. The molecule has 0 saturated heterocycles. The van der Waals surface area contributed by atoms with Gasteiger partial charge in [0.1, 0.15) is 17.1 Å². The third-order valence-corrected chi connectivity index (χ3v) is 7.29. The number of amidine groups is 1. The second-order valence-corrected chi connectivity index (χ2v) is 11.5. The fraction of sp³-hybridized carbons (Fsp3) is 0.344. The molecular weight excluding hydrogens is 504 g/mol. The van der Waals surface area contributed by atoms with Crippen molar-refractivity contribution in [2.75, 3.05) is 0 Å². The molecule has 2 amide bonds. The highest BCUT2D eigenvalue weighted by atomic mass is 16.6. The number of alkyl carbamates (subject to hydrolysis) is 1. The predicted octanol–water partition coefficient (Wildman–Crippen LogP) is 5.73. The topological polar surface area (TPSA) is 116 Å². The summed E-state index contributed by atoms with van der Waals surface area (Å²) in [5.41, 5.74) is 2.20. The van der Waals surface area contributed by atoms with Gasteiger partial charge in [0.15, 0.2) is 0 Å². The lowest BCUT2D eigenvalue weighted by atomic mass is 9.93. The van der Waals surface area contributed by atoms with Crippen molar-refractivity contribution in [2.45, 2.75) is 70.7 Å². The van der Waals surface area contributed by atoms with Crippen LogP contribution in [0.2, 0.25) is 0 Å². The van der Waals surface area contributed by atoms with E-state index in [1.165, 1.54) is 0 Å². The molecule has 0 radical (unpaired) electrons. The Balaban J connectivity index is 1.51. The van der Waals surface area contributed by atoms with Gasteiger partial charge in [0, 0.05) is 29.1 Å². The Morgan fingerprint density at radius 1 is 0.975 bits per heavy atom. The Labute approximate surface area is 233 Å². The predicted molar refractivity (Wildman–Crippen MR) is 157 cm³/mol. The third kappa shape index (κ3) is 6.18. The van der Waals surface area contributed by atoms with Crippen LogP contribution >= 0.6 is 0 Å². The summed E-state index contributed by atoms with van der Waals surface area (Å²) in [6.07, 6.45) is 1.86. The van der Waals surface area contributed by atoms with Gasteiger partial charge in [-0.25, -0.2) is 4.79 Å². The fourth-order valence-electron chi connectivity index (χ4n) is 5.33. The van der Waals surface area contributed by atoms with E-state index in [2.05, 4.69) is 34.9 Å². The summed E-state index contributed by atoms with van der Waals surface area (Å²) >= 11 is 0. The van der Waals surface area contributed by atoms with Crippen LogP contribution in [0.25, 0.3) is 21.7 Å². The summed E-state index contributed by atoms with van der Waals surface area (Å²) in [5.74, 6) is -0.248. The van der Waals surface area contributed by atoms with Gasteiger partial charge in [0.05, 0.1) is 6.10 Å². The quantitative estimate of drug-likeness (QED) is 0.191. The number of aromatic nitrogens is 1. The summed E-state index contributed by atoms with van der Waals surface area (Å²) in [4.78, 5) is 25.9. The molecule has 4 aromatic rings. The zero-order chi connectivity index (χ0) is 28.4. The minimum absolute atomic E-state index is 0.0154. The number of hydrogen-bond donors (Lipinski definition) is 4. The number of carbonyl (C=O) groups excluding carboxylic acids is 2. The second-order valence-electron chi connectivity index (χ2n) is 11.5. The Morgan fingerprint density at radius 3 is 2.45 bits per heavy atom. The van der Waals surface area contributed by atoms with E-state index >= 15 is 0 Å². The van der Waals surface area contributed by atoms with Crippen LogP contribution in [-0.4, -0.2) is 45.3 Å². The molecular formula is C32H36N4O4. The average molecular weight is 541 g/mol. The molecule has 1 heterocycles. The summed E-state index contributed by atoms with van der Waals surface area (Å²) in [6.45, 7) is 5.76. The molecule has 40 heavy (non-hydrogen) atoms. The molecule has 0 spiro atoms. The highest BCUT2D eigenvalue weighted by Crippen LogP contribution is 2.27. The molecule has 5 rings (SSSR count). The van der Waals surface area contributed by atoms with E-state index in [0.29, 0.717) is 30.6 Å². The van der Waals surface area contributed by atoms with Crippen LogP contribution in [0.1, 0.15) is 68.1 Å². The number of carbonyl (C=O) groups is 2. The molecule has 0 atom stereocenters. The Morgan fingerprint density at radius 2 is 1.70 bits per heavy atom. The lowest BCUT2D eigenvalue weighted by Gasteiger charge is -2.26. The number of ether oxygens (including phenoxy) is 1. The molecule has 208 valence electrons. The van der Waals surface area contributed by atoms with Crippen LogP contribution in [0.4, 0.5) is 4.79 Å². The standard InChI is InChI=1S/C32H36N4O4/c1-32(2,3)40-31(39)35-29(33)22-12-11-21-17-28(30(38)34-24-13-15-25(37)16-14-24)36(27(21)18-22)19-23-9-6-8-20-7-4-5-10-26(20)23/h4-12,17-18,24-25,37H,13-16,19H2,1-3H3,(H,34,38)(H2,33,35,39). The molecule has 0 unspecified atom stereocenters. The smallest absolute Gasteiger partial charge is 0.413 e. The molecule has 8 nitrogen and oxygen atoms in total. The summed E-state index contributed by atoms with van der Waals surface area (Å²) in [5, 5.41) is 27.2. The second kappa shape index (κ2) is 11.1. The van der Waals surface area contributed by atoms with Crippen molar-refractivity contribution in [1.82, 2.24) is 15.2 Å². The number of benzene rings is 3. The number of aliphatic hydroxyl groups excluding tert-OH is 1. The third-order valence-electron chi connectivity index (χ3n) is 7.29. The molecule has 0 aliphatic heterocycles. The molecule has 1 aromatic heterocycles. The zero-order valence-corrected chi connectivity index (χ0v) is 23.2. The van der Waals surface area contributed by atoms with Gasteiger partial charge in [-0.15, -0.1) is 0 Å². The van der Waals surface area contributed by atoms with Crippen LogP contribution in [0, 0.1) is 5.41 Å². The van der Waals surface area contributed by atoms with Gasteiger partial charge in [-0.2, -0.15) is 0 Å². The minimum atomic E-state index is -0.693. The van der Waals surface area contributed by atoms with Gasteiger partial charge in [-0.05, 0) is 74.9 Å². The van der Waals surface area contributed by atoms with E-state index in [9.17, 15) is 14.7 Å². The molecule has 1 saturated carbocycles. The van der Waals surface area contributed by atoms with E-state index in [0.717, 1.165) is 40.1 Å². The number of amides is 2. The Kier molecular flexibility index (Phi) is 7.63. The summed E-state index contributed by atoms with van der Waals surface area (Å²) < 4.78 is 7.29. The van der Waals surface area contributed by atoms with Gasteiger partial charge in [-0.1, -0.05) is 54.6 Å². The number of nitrogens with zero attached hydrogens (tertiary/aromatic N) is 1. The van der Waals surface area contributed by atoms with Crippen LogP contribution < -0.4 is 10.6 Å². The molecule has 4 N–H and O–H groups in total. The molecule has 3 aromatic carbocycles. The van der Waals surface area contributed by atoms with Crippen molar-refractivity contribution in [3.05, 3.63) is 83.6 Å². The van der Waals surface area contributed by atoms with Crippen LogP contribution in [-0.2, 0) is 11.3 Å². The number of rotatable bonds is 5. The number of hydrogen-bond acceptors (Lipinski definition) is 5. The highest BCUT2D eigenvalue weighted by molar-refractivity contribution is 6.07.